The molecule has 0 amide bonds. The molecule has 0 N–H and O–H groups in total. The van der Waals surface area contributed by atoms with Gasteiger partial charge in [0.2, 0.25) is 0 Å². The molecule has 0 aliphatic carbocycles. The molecule has 0 bridgehead atoms. The van der Waals surface area contributed by atoms with Gasteiger partial charge in [0.1, 0.15) is 5.15 Å². The number of nitrogens with zero attached hydrogens (tertiary/aromatic N) is 4. The summed E-state index contributed by atoms with van der Waals surface area (Å²) in [6.45, 7) is 1.97. The molecule has 0 aliphatic rings. The number of halogens is 1. The Morgan fingerprint density at radius 1 is 1.00 bits per heavy atom. The van der Waals surface area contributed by atoms with Crippen molar-refractivity contribution in [2.24, 2.45) is 4.99 Å². The fourth-order valence-electron chi connectivity index (χ4n) is 2.67. The third-order valence-corrected chi connectivity index (χ3v) is 4.24. The van der Waals surface area contributed by atoms with Gasteiger partial charge in [-0.3, -0.25) is 4.99 Å². The molecular formula is C20H15ClN4. The molecule has 2 aromatic heterocycles. The number of fused-ring (bicyclic) bond motifs is 1. The van der Waals surface area contributed by atoms with Gasteiger partial charge in [-0.1, -0.05) is 48.0 Å². The number of pyridine rings is 1. The van der Waals surface area contributed by atoms with Crippen LogP contribution in [-0.4, -0.2) is 21.0 Å². The van der Waals surface area contributed by atoms with Gasteiger partial charge in [-0.25, -0.2) is 9.67 Å². The molecule has 0 fully saturated rings. The highest BCUT2D eigenvalue weighted by molar-refractivity contribution is 6.32. The SMILES string of the molecule is Cc1nn(-c2ccccc2)c2nc(Cl)c(C=Nc3ccccc3)cc12. The molecule has 25 heavy (non-hydrogen) atoms. The van der Waals surface area contributed by atoms with Gasteiger partial charge in [-0.15, -0.1) is 0 Å². The van der Waals surface area contributed by atoms with E-state index in [2.05, 4.69) is 15.1 Å². The third kappa shape index (κ3) is 3.04. The van der Waals surface area contributed by atoms with E-state index in [0.717, 1.165) is 33.7 Å². The van der Waals surface area contributed by atoms with Crippen molar-refractivity contribution >= 4 is 34.5 Å². The maximum Gasteiger partial charge on any atom is 0.164 e. The van der Waals surface area contributed by atoms with Crippen LogP contribution < -0.4 is 0 Å². The molecule has 4 rings (SSSR count). The van der Waals surface area contributed by atoms with Gasteiger partial charge in [-0.2, -0.15) is 5.10 Å². The van der Waals surface area contributed by atoms with Crippen LogP contribution >= 0.6 is 11.6 Å². The number of para-hydroxylation sites is 2. The van der Waals surface area contributed by atoms with E-state index >= 15 is 0 Å². The summed E-state index contributed by atoms with van der Waals surface area (Å²) >= 11 is 6.39. The van der Waals surface area contributed by atoms with Gasteiger partial charge < -0.3 is 0 Å². The quantitative estimate of drug-likeness (QED) is 0.381. The molecule has 5 heteroatoms. The summed E-state index contributed by atoms with van der Waals surface area (Å²) in [5.41, 5.74) is 4.24. The Morgan fingerprint density at radius 2 is 1.68 bits per heavy atom. The number of hydrogen-bond acceptors (Lipinski definition) is 3. The lowest BCUT2D eigenvalue weighted by Gasteiger charge is -2.03. The summed E-state index contributed by atoms with van der Waals surface area (Å²) in [7, 11) is 0. The first kappa shape index (κ1) is 15.5. The zero-order chi connectivity index (χ0) is 17.2. The number of aryl methyl sites for hydroxylation is 1. The lowest BCUT2D eigenvalue weighted by atomic mass is 10.2. The van der Waals surface area contributed by atoms with Crippen LogP contribution in [0.4, 0.5) is 5.69 Å². The van der Waals surface area contributed by atoms with Crippen molar-refractivity contribution in [2.75, 3.05) is 0 Å². The highest BCUT2D eigenvalue weighted by atomic mass is 35.5. The summed E-state index contributed by atoms with van der Waals surface area (Å²) in [6.07, 6.45) is 1.74. The first-order valence-electron chi connectivity index (χ1n) is 7.93. The molecule has 4 nitrogen and oxygen atoms in total. The molecule has 0 spiro atoms. The average Bonchev–Trinajstić information content (AvgIpc) is 2.97. The Bertz CT molecular complexity index is 1050. The largest absolute Gasteiger partial charge is 0.256 e. The number of aliphatic imine (C=N–C) groups is 1. The fourth-order valence-corrected chi connectivity index (χ4v) is 2.86. The minimum absolute atomic E-state index is 0.407. The molecule has 0 atom stereocenters. The van der Waals surface area contributed by atoms with E-state index in [9.17, 15) is 0 Å². The van der Waals surface area contributed by atoms with Crippen LogP contribution in [0.3, 0.4) is 0 Å². The smallest absolute Gasteiger partial charge is 0.164 e. The summed E-state index contributed by atoms with van der Waals surface area (Å²) in [4.78, 5) is 9.02. The van der Waals surface area contributed by atoms with E-state index in [-0.39, 0.29) is 0 Å². The van der Waals surface area contributed by atoms with Crippen molar-refractivity contribution in [3.05, 3.63) is 83.1 Å². The van der Waals surface area contributed by atoms with Gasteiger partial charge in [0.25, 0.3) is 0 Å². The Morgan fingerprint density at radius 3 is 2.40 bits per heavy atom. The van der Waals surface area contributed by atoms with Crippen molar-refractivity contribution in [1.29, 1.82) is 0 Å². The molecule has 0 saturated carbocycles. The first-order chi connectivity index (χ1) is 12.2. The summed E-state index contributed by atoms with van der Waals surface area (Å²) in [5.74, 6) is 0. The molecule has 0 unspecified atom stereocenters. The summed E-state index contributed by atoms with van der Waals surface area (Å²) in [6, 6.07) is 21.6. The van der Waals surface area contributed by atoms with Crippen molar-refractivity contribution in [3.8, 4) is 5.69 Å². The van der Waals surface area contributed by atoms with E-state index in [1.54, 1.807) is 6.21 Å². The molecular weight excluding hydrogens is 332 g/mol. The van der Waals surface area contributed by atoms with E-state index < -0.39 is 0 Å². The van der Waals surface area contributed by atoms with Gasteiger partial charge in [-0.05, 0) is 37.3 Å². The average molecular weight is 347 g/mol. The zero-order valence-corrected chi connectivity index (χ0v) is 14.4. The van der Waals surface area contributed by atoms with E-state index in [0.29, 0.717) is 5.15 Å². The van der Waals surface area contributed by atoms with E-state index in [1.165, 1.54) is 0 Å². The standard InChI is InChI=1S/C20H15ClN4/c1-14-18-12-15(13-22-16-8-4-2-5-9-16)19(21)23-20(18)25(24-14)17-10-6-3-7-11-17/h2-13H,1H3. The van der Waals surface area contributed by atoms with Crippen molar-refractivity contribution in [1.82, 2.24) is 14.8 Å². The predicted molar refractivity (Wildman–Crippen MR) is 102 cm³/mol. The molecule has 4 aromatic rings. The van der Waals surface area contributed by atoms with Crippen LogP contribution in [0.25, 0.3) is 16.7 Å². The number of aromatic nitrogens is 3. The molecule has 2 heterocycles. The normalized spacial score (nSPS) is 11.4. The lowest BCUT2D eigenvalue weighted by molar-refractivity contribution is 0.878. The molecule has 0 saturated heterocycles. The Hall–Kier alpha value is -2.98. The Labute approximate surface area is 150 Å². The minimum atomic E-state index is 0.407. The van der Waals surface area contributed by atoms with E-state index in [1.807, 2.05) is 78.3 Å². The van der Waals surface area contributed by atoms with Gasteiger partial charge >= 0.3 is 0 Å². The summed E-state index contributed by atoms with van der Waals surface area (Å²) < 4.78 is 1.81. The van der Waals surface area contributed by atoms with Crippen molar-refractivity contribution < 1.29 is 0 Å². The van der Waals surface area contributed by atoms with Crippen LogP contribution in [0, 0.1) is 6.92 Å². The zero-order valence-electron chi connectivity index (χ0n) is 13.6. The van der Waals surface area contributed by atoms with Crippen LogP contribution in [0.15, 0.2) is 71.7 Å². The lowest BCUT2D eigenvalue weighted by Crippen LogP contribution is -1.98. The molecule has 122 valence electrons. The Balaban J connectivity index is 1.81. The molecule has 0 aliphatic heterocycles. The van der Waals surface area contributed by atoms with Gasteiger partial charge in [0.05, 0.1) is 17.1 Å². The first-order valence-corrected chi connectivity index (χ1v) is 8.30. The molecule has 2 aromatic carbocycles. The number of hydrogen-bond donors (Lipinski definition) is 0. The topological polar surface area (TPSA) is 43.1 Å². The Kier molecular flexibility index (Phi) is 4.04. The maximum atomic E-state index is 6.39. The van der Waals surface area contributed by atoms with E-state index in [4.69, 9.17) is 11.6 Å². The van der Waals surface area contributed by atoms with Gasteiger partial charge in [0.15, 0.2) is 5.65 Å². The van der Waals surface area contributed by atoms with Gasteiger partial charge in [0, 0.05) is 17.2 Å². The predicted octanol–water partition coefficient (Wildman–Crippen LogP) is 5.13. The summed E-state index contributed by atoms with van der Waals surface area (Å²) in [5, 5.41) is 5.98. The maximum absolute atomic E-state index is 6.39. The van der Waals surface area contributed by atoms with Crippen molar-refractivity contribution in [3.63, 3.8) is 0 Å². The van der Waals surface area contributed by atoms with Crippen LogP contribution in [-0.2, 0) is 0 Å². The highest BCUT2D eigenvalue weighted by Crippen LogP contribution is 2.25. The number of benzene rings is 2. The molecule has 0 radical (unpaired) electrons. The van der Waals surface area contributed by atoms with Crippen LogP contribution in [0.1, 0.15) is 11.3 Å². The monoisotopic (exact) mass is 346 g/mol. The third-order valence-electron chi connectivity index (χ3n) is 3.93. The minimum Gasteiger partial charge on any atom is -0.256 e. The second-order valence-electron chi connectivity index (χ2n) is 5.67. The second-order valence-corrected chi connectivity index (χ2v) is 6.02. The van der Waals surface area contributed by atoms with Crippen molar-refractivity contribution in [2.45, 2.75) is 6.92 Å². The highest BCUT2D eigenvalue weighted by Gasteiger charge is 2.13. The second kappa shape index (κ2) is 6.49. The van der Waals surface area contributed by atoms with Crippen LogP contribution in [0.5, 0.6) is 0 Å². The number of rotatable bonds is 3. The van der Waals surface area contributed by atoms with Crippen LogP contribution in [0.2, 0.25) is 5.15 Å². The fraction of sp³-hybridized carbons (Fsp3) is 0.0500.